The summed E-state index contributed by atoms with van der Waals surface area (Å²) in [4.78, 5) is 14.5. The fourth-order valence-corrected chi connectivity index (χ4v) is 4.89. The van der Waals surface area contributed by atoms with E-state index in [0.717, 1.165) is 47.6 Å². The number of methoxy groups -OCH3 is 2. The standard InChI is InChI=1S/C27H40N2O4S2/c1-27(2,3)33-26(30)29(17-19-35-21-23-8-12-25(32-5)13-9-23)16-14-28-15-18-34-20-22-6-10-24(31-4)11-7-22/h6-13,28H,14-21H2,1-5H3. The fourth-order valence-electron chi connectivity index (χ4n) is 3.10. The second-order valence-corrected chi connectivity index (χ2v) is 11.2. The van der Waals surface area contributed by atoms with E-state index in [9.17, 15) is 4.79 Å². The van der Waals surface area contributed by atoms with Crippen LogP contribution < -0.4 is 14.8 Å². The molecule has 0 aliphatic rings. The van der Waals surface area contributed by atoms with Crippen LogP contribution in [0.25, 0.3) is 0 Å². The molecule has 1 N–H and O–H groups in total. The van der Waals surface area contributed by atoms with Gasteiger partial charge in [-0.1, -0.05) is 24.3 Å². The van der Waals surface area contributed by atoms with Gasteiger partial charge in [0.15, 0.2) is 0 Å². The Bertz CT molecular complexity index is 855. The fraction of sp³-hybridized carbons (Fsp3) is 0.519. The Morgan fingerprint density at radius 2 is 1.31 bits per heavy atom. The molecular weight excluding hydrogens is 480 g/mol. The number of amides is 1. The normalized spacial score (nSPS) is 11.2. The molecule has 8 heteroatoms. The number of carbonyl (C=O) groups is 1. The largest absolute Gasteiger partial charge is 0.497 e. The van der Waals surface area contributed by atoms with Crippen molar-refractivity contribution in [2.75, 3.05) is 51.9 Å². The van der Waals surface area contributed by atoms with Crippen LogP contribution in [0.1, 0.15) is 31.9 Å². The molecule has 0 aliphatic carbocycles. The van der Waals surface area contributed by atoms with E-state index in [0.29, 0.717) is 13.1 Å². The molecule has 0 atom stereocenters. The number of ether oxygens (including phenoxy) is 3. The van der Waals surface area contributed by atoms with Crippen LogP contribution in [-0.4, -0.2) is 68.5 Å². The first-order chi connectivity index (χ1) is 16.8. The predicted molar refractivity (Wildman–Crippen MR) is 149 cm³/mol. The summed E-state index contributed by atoms with van der Waals surface area (Å²) in [6.45, 7) is 8.63. The van der Waals surface area contributed by atoms with E-state index >= 15 is 0 Å². The first kappa shape index (κ1) is 29.2. The minimum absolute atomic E-state index is 0.252. The Labute approximate surface area is 219 Å². The lowest BCUT2D eigenvalue weighted by Gasteiger charge is -2.27. The maximum Gasteiger partial charge on any atom is 0.410 e. The Morgan fingerprint density at radius 3 is 1.80 bits per heavy atom. The van der Waals surface area contributed by atoms with Gasteiger partial charge >= 0.3 is 6.09 Å². The molecule has 0 saturated carbocycles. The number of nitrogens with zero attached hydrogens (tertiary/aromatic N) is 1. The number of rotatable bonds is 15. The summed E-state index contributed by atoms with van der Waals surface area (Å²) in [6, 6.07) is 16.3. The molecular formula is C27H40N2O4S2. The Morgan fingerprint density at radius 1 is 0.800 bits per heavy atom. The van der Waals surface area contributed by atoms with Crippen molar-refractivity contribution < 1.29 is 19.0 Å². The third-order valence-electron chi connectivity index (χ3n) is 4.99. The number of hydrogen-bond acceptors (Lipinski definition) is 7. The number of hydrogen-bond donors (Lipinski definition) is 1. The van der Waals surface area contributed by atoms with Crippen LogP contribution in [0.2, 0.25) is 0 Å². The molecule has 6 nitrogen and oxygen atoms in total. The van der Waals surface area contributed by atoms with Gasteiger partial charge in [0.25, 0.3) is 0 Å². The molecule has 0 heterocycles. The highest BCUT2D eigenvalue weighted by Gasteiger charge is 2.21. The predicted octanol–water partition coefficient (Wildman–Crippen LogP) is 5.70. The van der Waals surface area contributed by atoms with Crippen molar-refractivity contribution in [2.24, 2.45) is 0 Å². The number of benzene rings is 2. The van der Waals surface area contributed by atoms with Crippen LogP contribution in [0.3, 0.4) is 0 Å². The monoisotopic (exact) mass is 520 g/mol. The minimum atomic E-state index is -0.503. The van der Waals surface area contributed by atoms with Gasteiger partial charge < -0.3 is 24.4 Å². The van der Waals surface area contributed by atoms with Gasteiger partial charge in [0.2, 0.25) is 0 Å². The van der Waals surface area contributed by atoms with Crippen molar-refractivity contribution in [3.63, 3.8) is 0 Å². The highest BCUT2D eigenvalue weighted by molar-refractivity contribution is 7.98. The maximum atomic E-state index is 12.7. The zero-order chi connectivity index (χ0) is 25.5. The van der Waals surface area contributed by atoms with Gasteiger partial charge in [-0.15, -0.1) is 0 Å². The molecule has 2 rings (SSSR count). The molecule has 0 aromatic heterocycles. The first-order valence-electron chi connectivity index (χ1n) is 11.9. The molecule has 0 spiro atoms. The molecule has 0 bridgehead atoms. The lowest BCUT2D eigenvalue weighted by molar-refractivity contribution is 0.0264. The van der Waals surface area contributed by atoms with E-state index in [1.807, 2.05) is 73.5 Å². The summed E-state index contributed by atoms with van der Waals surface area (Å²) in [5, 5.41) is 3.46. The molecule has 0 aliphatic heterocycles. The van der Waals surface area contributed by atoms with Crippen molar-refractivity contribution in [2.45, 2.75) is 37.9 Å². The molecule has 194 valence electrons. The summed E-state index contributed by atoms with van der Waals surface area (Å²) in [5.74, 6) is 5.48. The van der Waals surface area contributed by atoms with Crippen molar-refractivity contribution >= 4 is 29.6 Å². The smallest absolute Gasteiger partial charge is 0.410 e. The van der Waals surface area contributed by atoms with Crippen LogP contribution in [0, 0.1) is 0 Å². The summed E-state index contributed by atoms with van der Waals surface area (Å²) in [7, 11) is 3.35. The molecule has 0 radical (unpaired) electrons. The first-order valence-corrected chi connectivity index (χ1v) is 14.2. The van der Waals surface area contributed by atoms with Crippen LogP contribution in [0.15, 0.2) is 48.5 Å². The van der Waals surface area contributed by atoms with Gasteiger partial charge in [-0.3, -0.25) is 0 Å². The molecule has 2 aromatic rings. The zero-order valence-electron chi connectivity index (χ0n) is 21.7. The Kier molecular flexibility index (Phi) is 13.2. The van der Waals surface area contributed by atoms with Crippen molar-refractivity contribution in [3.8, 4) is 11.5 Å². The highest BCUT2D eigenvalue weighted by Crippen LogP contribution is 2.18. The molecule has 0 saturated heterocycles. The van der Waals surface area contributed by atoms with Gasteiger partial charge in [0.1, 0.15) is 17.1 Å². The van der Waals surface area contributed by atoms with Crippen LogP contribution in [-0.2, 0) is 16.2 Å². The summed E-state index contributed by atoms with van der Waals surface area (Å²) < 4.78 is 16.0. The van der Waals surface area contributed by atoms with E-state index in [2.05, 4.69) is 29.6 Å². The molecule has 2 aromatic carbocycles. The maximum absolute atomic E-state index is 12.7. The highest BCUT2D eigenvalue weighted by atomic mass is 32.2. The second-order valence-electron chi connectivity index (χ2n) is 9.02. The van der Waals surface area contributed by atoms with Gasteiger partial charge in [-0.05, 0) is 56.2 Å². The lowest BCUT2D eigenvalue weighted by atomic mass is 10.2. The van der Waals surface area contributed by atoms with Crippen molar-refractivity contribution in [3.05, 3.63) is 59.7 Å². The quantitative estimate of drug-likeness (QED) is 0.302. The van der Waals surface area contributed by atoms with Gasteiger partial charge in [-0.2, -0.15) is 23.5 Å². The van der Waals surface area contributed by atoms with Crippen LogP contribution in [0.4, 0.5) is 4.79 Å². The van der Waals surface area contributed by atoms with E-state index < -0.39 is 5.60 Å². The molecule has 0 unspecified atom stereocenters. The summed E-state index contributed by atoms with van der Waals surface area (Å²) in [6.07, 6.45) is -0.252. The third-order valence-corrected chi connectivity index (χ3v) is 7.03. The number of nitrogens with one attached hydrogen (secondary N) is 1. The average molecular weight is 521 g/mol. The Hall–Kier alpha value is -2.03. The van der Waals surface area contributed by atoms with E-state index in [1.165, 1.54) is 11.1 Å². The zero-order valence-corrected chi connectivity index (χ0v) is 23.3. The summed E-state index contributed by atoms with van der Waals surface area (Å²) in [5.41, 5.74) is 2.03. The Balaban J connectivity index is 1.68. The summed E-state index contributed by atoms with van der Waals surface area (Å²) >= 11 is 3.70. The van der Waals surface area contributed by atoms with Gasteiger partial charge in [-0.25, -0.2) is 4.79 Å². The van der Waals surface area contributed by atoms with Crippen LogP contribution >= 0.6 is 23.5 Å². The molecule has 0 fully saturated rings. The molecule has 1 amide bonds. The number of carbonyl (C=O) groups excluding carboxylic acids is 1. The number of thioether (sulfide) groups is 2. The van der Waals surface area contributed by atoms with Crippen LogP contribution in [0.5, 0.6) is 11.5 Å². The van der Waals surface area contributed by atoms with E-state index in [4.69, 9.17) is 14.2 Å². The average Bonchev–Trinajstić information content (AvgIpc) is 2.84. The molecule has 35 heavy (non-hydrogen) atoms. The van der Waals surface area contributed by atoms with E-state index in [1.54, 1.807) is 14.2 Å². The van der Waals surface area contributed by atoms with Gasteiger partial charge in [0.05, 0.1) is 14.2 Å². The third kappa shape index (κ3) is 12.5. The second kappa shape index (κ2) is 15.9. The minimum Gasteiger partial charge on any atom is -0.497 e. The van der Waals surface area contributed by atoms with E-state index in [-0.39, 0.29) is 6.09 Å². The topological polar surface area (TPSA) is 60.0 Å². The van der Waals surface area contributed by atoms with Crippen molar-refractivity contribution in [1.82, 2.24) is 10.2 Å². The van der Waals surface area contributed by atoms with Gasteiger partial charge in [0, 0.05) is 49.2 Å². The SMILES string of the molecule is COc1ccc(CSCCNCCN(CCSCc2ccc(OC)cc2)C(=O)OC(C)(C)C)cc1. The lowest BCUT2D eigenvalue weighted by Crippen LogP contribution is -2.41. The van der Waals surface area contributed by atoms with Crippen molar-refractivity contribution in [1.29, 1.82) is 0 Å².